The predicted molar refractivity (Wildman–Crippen MR) is 58.0 cm³/mol. The van der Waals surface area contributed by atoms with Crippen molar-refractivity contribution >= 4 is 17.0 Å². The monoisotopic (exact) mass is 185 g/mol. The van der Waals surface area contributed by atoms with Crippen molar-refractivity contribution in [3.05, 3.63) is 47.9 Å². The minimum Gasteiger partial charge on any atom is -0.513 e. The van der Waals surface area contributed by atoms with Crippen LogP contribution < -0.4 is 0 Å². The van der Waals surface area contributed by atoms with Crippen molar-refractivity contribution in [1.29, 1.82) is 0 Å². The number of hydrogen-bond acceptors (Lipinski definition) is 2. The van der Waals surface area contributed by atoms with Gasteiger partial charge in [0.2, 0.25) is 0 Å². The lowest BCUT2D eigenvalue weighted by Crippen LogP contribution is -1.83. The van der Waals surface area contributed by atoms with Crippen molar-refractivity contribution in [1.82, 2.24) is 4.98 Å². The molecule has 0 fully saturated rings. The third-order valence-corrected chi connectivity index (χ3v) is 1.98. The number of aliphatic hydroxyl groups is 1. The zero-order valence-electron chi connectivity index (χ0n) is 7.94. The van der Waals surface area contributed by atoms with E-state index < -0.39 is 0 Å². The molecule has 0 aliphatic rings. The number of allylic oxidation sites excluding steroid dienone is 1. The second-order valence-corrected chi connectivity index (χ2v) is 3.21. The van der Waals surface area contributed by atoms with Gasteiger partial charge in [-0.2, -0.15) is 0 Å². The van der Waals surface area contributed by atoms with Gasteiger partial charge in [-0.25, -0.2) is 4.98 Å². The average molecular weight is 185 g/mol. The summed E-state index contributed by atoms with van der Waals surface area (Å²) in [4.78, 5) is 4.38. The summed E-state index contributed by atoms with van der Waals surface area (Å²) in [5.41, 5.74) is 1.73. The molecule has 0 unspecified atom stereocenters. The van der Waals surface area contributed by atoms with Crippen LogP contribution in [-0.4, -0.2) is 10.1 Å². The first-order chi connectivity index (χ1) is 6.75. The third-order valence-electron chi connectivity index (χ3n) is 1.98. The zero-order chi connectivity index (χ0) is 9.97. The number of rotatable bonds is 1. The van der Waals surface area contributed by atoms with Crippen molar-refractivity contribution in [3.8, 4) is 0 Å². The lowest BCUT2D eigenvalue weighted by molar-refractivity contribution is 0.419. The first-order valence-corrected chi connectivity index (χ1v) is 4.49. The van der Waals surface area contributed by atoms with Gasteiger partial charge < -0.3 is 5.11 Å². The van der Waals surface area contributed by atoms with E-state index in [1.54, 1.807) is 13.0 Å². The summed E-state index contributed by atoms with van der Waals surface area (Å²) in [5.74, 6) is 0.271. The van der Waals surface area contributed by atoms with Crippen molar-refractivity contribution in [2.75, 3.05) is 0 Å². The Hall–Kier alpha value is -1.83. The molecule has 2 nitrogen and oxygen atoms in total. The highest BCUT2D eigenvalue weighted by molar-refractivity contribution is 5.79. The minimum absolute atomic E-state index is 0.271. The van der Waals surface area contributed by atoms with E-state index in [1.165, 1.54) is 0 Å². The van der Waals surface area contributed by atoms with Gasteiger partial charge in [0, 0.05) is 11.5 Å². The minimum atomic E-state index is 0.271. The first-order valence-electron chi connectivity index (χ1n) is 4.49. The standard InChI is InChI=1S/C12H11NO/c1-9(14)8-11-7-6-10-4-2-3-5-12(10)13-11/h2-8,14H,1H3. The molecule has 2 heteroatoms. The lowest BCUT2D eigenvalue weighted by Gasteiger charge is -1.98. The highest BCUT2D eigenvalue weighted by atomic mass is 16.3. The van der Waals surface area contributed by atoms with Crippen LogP contribution in [0.4, 0.5) is 0 Å². The molecule has 0 saturated carbocycles. The van der Waals surface area contributed by atoms with Gasteiger partial charge in [0.15, 0.2) is 0 Å². The maximum Gasteiger partial charge on any atom is 0.0913 e. The highest BCUT2D eigenvalue weighted by Crippen LogP contribution is 2.12. The largest absolute Gasteiger partial charge is 0.513 e. The Kier molecular flexibility index (Phi) is 2.19. The summed E-state index contributed by atoms with van der Waals surface area (Å²) in [5, 5.41) is 10.2. The summed E-state index contributed by atoms with van der Waals surface area (Å²) in [7, 11) is 0. The normalized spacial score (nSPS) is 11.9. The van der Waals surface area contributed by atoms with Crippen LogP contribution in [-0.2, 0) is 0 Å². The van der Waals surface area contributed by atoms with E-state index in [9.17, 15) is 0 Å². The third kappa shape index (κ3) is 1.74. The Bertz CT molecular complexity index is 484. The number of nitrogens with zero attached hydrogens (tertiary/aromatic N) is 1. The summed E-state index contributed by atoms with van der Waals surface area (Å²) >= 11 is 0. The molecule has 1 N–H and O–H groups in total. The Morgan fingerprint density at radius 1 is 1.21 bits per heavy atom. The topological polar surface area (TPSA) is 33.1 Å². The fourth-order valence-corrected chi connectivity index (χ4v) is 1.38. The fraction of sp³-hybridized carbons (Fsp3) is 0.0833. The van der Waals surface area contributed by atoms with Crippen LogP contribution >= 0.6 is 0 Å². The molecule has 0 radical (unpaired) electrons. The molecule has 0 saturated heterocycles. The Morgan fingerprint density at radius 3 is 2.79 bits per heavy atom. The molecule has 1 aromatic carbocycles. The summed E-state index contributed by atoms with van der Waals surface area (Å²) in [6.45, 7) is 1.64. The summed E-state index contributed by atoms with van der Waals surface area (Å²) in [6, 6.07) is 11.8. The molecule has 14 heavy (non-hydrogen) atoms. The van der Waals surface area contributed by atoms with Gasteiger partial charge in [-0.05, 0) is 19.1 Å². The van der Waals surface area contributed by atoms with Crippen molar-refractivity contribution in [3.63, 3.8) is 0 Å². The van der Waals surface area contributed by atoms with Gasteiger partial charge >= 0.3 is 0 Å². The van der Waals surface area contributed by atoms with E-state index in [2.05, 4.69) is 4.98 Å². The highest BCUT2D eigenvalue weighted by Gasteiger charge is 1.94. The number of aliphatic hydroxyl groups excluding tert-OH is 1. The smallest absolute Gasteiger partial charge is 0.0913 e. The molecule has 70 valence electrons. The number of hydrogen-bond donors (Lipinski definition) is 1. The number of benzene rings is 1. The van der Waals surface area contributed by atoms with Gasteiger partial charge in [0.05, 0.1) is 17.0 Å². The molecular weight excluding hydrogens is 174 g/mol. The molecule has 0 atom stereocenters. The second-order valence-electron chi connectivity index (χ2n) is 3.21. The maximum atomic E-state index is 9.10. The molecule has 1 heterocycles. The van der Waals surface area contributed by atoms with Crippen LogP contribution in [0.25, 0.3) is 17.0 Å². The Balaban J connectivity index is 2.57. The van der Waals surface area contributed by atoms with Crippen LogP contribution in [0.3, 0.4) is 0 Å². The number of para-hydroxylation sites is 1. The van der Waals surface area contributed by atoms with E-state index in [0.29, 0.717) is 0 Å². The molecular formula is C12H11NO. The number of pyridine rings is 1. The quantitative estimate of drug-likeness (QED) is 0.692. The molecule has 2 rings (SSSR count). The molecule has 0 aliphatic heterocycles. The van der Waals surface area contributed by atoms with E-state index in [4.69, 9.17) is 5.11 Å². The van der Waals surface area contributed by atoms with E-state index in [-0.39, 0.29) is 5.76 Å². The predicted octanol–water partition coefficient (Wildman–Crippen LogP) is 3.15. The van der Waals surface area contributed by atoms with E-state index in [0.717, 1.165) is 16.6 Å². The number of fused-ring (bicyclic) bond motifs is 1. The Morgan fingerprint density at radius 2 is 2.00 bits per heavy atom. The van der Waals surface area contributed by atoms with Gasteiger partial charge in [0.25, 0.3) is 0 Å². The van der Waals surface area contributed by atoms with Gasteiger partial charge in [0.1, 0.15) is 0 Å². The maximum absolute atomic E-state index is 9.10. The number of aromatic nitrogens is 1. The zero-order valence-corrected chi connectivity index (χ0v) is 7.94. The van der Waals surface area contributed by atoms with Crippen LogP contribution in [0.2, 0.25) is 0 Å². The van der Waals surface area contributed by atoms with Crippen LogP contribution in [0.5, 0.6) is 0 Å². The van der Waals surface area contributed by atoms with Crippen molar-refractivity contribution in [2.45, 2.75) is 6.92 Å². The SMILES string of the molecule is CC(O)=Cc1ccc2ccccc2n1. The summed E-state index contributed by atoms with van der Waals surface area (Å²) in [6.07, 6.45) is 1.65. The average Bonchev–Trinajstić information content (AvgIpc) is 2.17. The van der Waals surface area contributed by atoms with Crippen LogP contribution in [0.15, 0.2) is 42.2 Å². The Labute approximate surface area is 82.5 Å². The molecule has 0 spiro atoms. The van der Waals surface area contributed by atoms with E-state index >= 15 is 0 Å². The van der Waals surface area contributed by atoms with Crippen molar-refractivity contribution in [2.24, 2.45) is 0 Å². The van der Waals surface area contributed by atoms with Crippen LogP contribution in [0.1, 0.15) is 12.6 Å². The molecule has 0 amide bonds. The van der Waals surface area contributed by atoms with Crippen molar-refractivity contribution < 1.29 is 5.11 Å². The molecule has 0 aliphatic carbocycles. The van der Waals surface area contributed by atoms with Gasteiger partial charge in [-0.3, -0.25) is 0 Å². The first kappa shape index (κ1) is 8.75. The molecule has 2 aromatic rings. The lowest BCUT2D eigenvalue weighted by atomic mass is 10.2. The van der Waals surface area contributed by atoms with Crippen LogP contribution in [0, 0.1) is 0 Å². The van der Waals surface area contributed by atoms with Gasteiger partial charge in [-0.1, -0.05) is 24.3 Å². The van der Waals surface area contributed by atoms with Gasteiger partial charge in [-0.15, -0.1) is 0 Å². The fourth-order valence-electron chi connectivity index (χ4n) is 1.38. The molecule has 0 bridgehead atoms. The summed E-state index contributed by atoms with van der Waals surface area (Å²) < 4.78 is 0. The van der Waals surface area contributed by atoms with E-state index in [1.807, 2.05) is 36.4 Å². The second kappa shape index (κ2) is 3.50. The molecule has 1 aromatic heterocycles.